The summed E-state index contributed by atoms with van der Waals surface area (Å²) in [5.74, 6) is -0.166. The molecule has 0 aliphatic heterocycles. The normalized spacial score (nSPS) is 13.7. The Balaban J connectivity index is 2.86. The molecule has 98 valence electrons. The number of carbonyl (C=O) groups excluding carboxylic acids is 2. The van der Waals surface area contributed by atoms with Crippen LogP contribution in [0.4, 0.5) is 0 Å². The molecule has 0 radical (unpaired) electrons. The second-order valence-corrected chi connectivity index (χ2v) is 4.66. The van der Waals surface area contributed by atoms with Crippen LogP contribution in [0.5, 0.6) is 0 Å². The molecule has 0 heterocycles. The quantitative estimate of drug-likeness (QED) is 0.573. The molecule has 3 heteroatoms. The molecule has 0 saturated heterocycles. The van der Waals surface area contributed by atoms with Gasteiger partial charge < -0.3 is 9.53 Å². The van der Waals surface area contributed by atoms with Gasteiger partial charge in [0.25, 0.3) is 0 Å². The number of carbonyl (C=O) groups is 2. The molecule has 0 amide bonds. The van der Waals surface area contributed by atoms with E-state index in [9.17, 15) is 9.59 Å². The van der Waals surface area contributed by atoms with Crippen LogP contribution in [0.1, 0.15) is 43.9 Å². The van der Waals surface area contributed by atoms with Crippen LogP contribution in [-0.4, -0.2) is 12.3 Å². The second-order valence-electron chi connectivity index (χ2n) is 4.66. The van der Waals surface area contributed by atoms with E-state index >= 15 is 0 Å². The first kappa shape index (κ1) is 14.4. The molecule has 0 spiro atoms. The SMILES string of the molecule is CC(=O)OC(c1ccc(C)cc1)C(C)CCC=O. The maximum atomic E-state index is 11.2. The lowest BCUT2D eigenvalue weighted by atomic mass is 9.93. The highest BCUT2D eigenvalue weighted by Crippen LogP contribution is 2.29. The lowest BCUT2D eigenvalue weighted by Gasteiger charge is -2.23. The molecule has 18 heavy (non-hydrogen) atoms. The zero-order valence-electron chi connectivity index (χ0n) is 11.2. The highest BCUT2D eigenvalue weighted by Gasteiger charge is 2.21. The smallest absolute Gasteiger partial charge is 0.303 e. The molecule has 2 atom stereocenters. The Bertz CT molecular complexity index is 395. The molecule has 1 aromatic carbocycles. The lowest BCUT2D eigenvalue weighted by Crippen LogP contribution is -2.16. The summed E-state index contributed by atoms with van der Waals surface area (Å²) < 4.78 is 5.38. The summed E-state index contributed by atoms with van der Waals surface area (Å²) in [6, 6.07) is 7.94. The van der Waals surface area contributed by atoms with Gasteiger partial charge >= 0.3 is 5.97 Å². The van der Waals surface area contributed by atoms with Crippen molar-refractivity contribution in [2.45, 2.75) is 39.7 Å². The van der Waals surface area contributed by atoms with Gasteiger partial charge in [0, 0.05) is 13.3 Å². The fourth-order valence-electron chi connectivity index (χ4n) is 1.93. The van der Waals surface area contributed by atoms with Crippen LogP contribution < -0.4 is 0 Å². The molecule has 0 aliphatic rings. The molecular weight excluding hydrogens is 228 g/mol. The van der Waals surface area contributed by atoms with Crippen LogP contribution in [0, 0.1) is 12.8 Å². The Morgan fingerprint density at radius 2 is 1.94 bits per heavy atom. The number of ether oxygens (including phenoxy) is 1. The third kappa shape index (κ3) is 4.32. The first-order valence-electron chi connectivity index (χ1n) is 6.22. The van der Waals surface area contributed by atoms with Crippen LogP contribution in [0.25, 0.3) is 0 Å². The highest BCUT2D eigenvalue weighted by atomic mass is 16.5. The van der Waals surface area contributed by atoms with Crippen LogP contribution in [0.15, 0.2) is 24.3 Å². The first-order chi connectivity index (χ1) is 8.54. The summed E-state index contributed by atoms with van der Waals surface area (Å²) >= 11 is 0. The number of aldehydes is 1. The summed E-state index contributed by atoms with van der Waals surface area (Å²) in [6.45, 7) is 5.42. The average Bonchev–Trinajstić information content (AvgIpc) is 2.34. The standard InChI is InChI=1S/C15H20O3/c1-11-6-8-14(9-7-11)15(18-13(3)17)12(2)5-4-10-16/h6-10,12,15H,4-5H2,1-3H3. The van der Waals surface area contributed by atoms with Gasteiger partial charge in [-0.2, -0.15) is 0 Å². The van der Waals surface area contributed by atoms with Gasteiger partial charge in [0.1, 0.15) is 12.4 Å². The van der Waals surface area contributed by atoms with Crippen molar-refractivity contribution < 1.29 is 14.3 Å². The third-order valence-corrected chi connectivity index (χ3v) is 2.96. The summed E-state index contributed by atoms with van der Waals surface area (Å²) in [5.41, 5.74) is 2.15. The minimum absolute atomic E-state index is 0.127. The second kappa shape index (κ2) is 6.94. The third-order valence-electron chi connectivity index (χ3n) is 2.96. The van der Waals surface area contributed by atoms with E-state index in [4.69, 9.17) is 4.74 Å². The van der Waals surface area contributed by atoms with E-state index in [-0.39, 0.29) is 18.0 Å². The predicted octanol–water partition coefficient (Wildman–Crippen LogP) is 3.21. The van der Waals surface area contributed by atoms with Crippen molar-refractivity contribution in [2.75, 3.05) is 0 Å². The maximum absolute atomic E-state index is 11.2. The van der Waals surface area contributed by atoms with Crippen molar-refractivity contribution in [3.63, 3.8) is 0 Å². The molecule has 2 unspecified atom stereocenters. The first-order valence-corrected chi connectivity index (χ1v) is 6.22. The average molecular weight is 248 g/mol. The lowest BCUT2D eigenvalue weighted by molar-refractivity contribution is -0.149. The maximum Gasteiger partial charge on any atom is 0.303 e. The topological polar surface area (TPSA) is 43.4 Å². The Labute approximate surface area is 108 Å². The van der Waals surface area contributed by atoms with Gasteiger partial charge in [-0.15, -0.1) is 0 Å². The van der Waals surface area contributed by atoms with Crippen molar-refractivity contribution in [3.8, 4) is 0 Å². The highest BCUT2D eigenvalue weighted by molar-refractivity contribution is 5.66. The summed E-state index contributed by atoms with van der Waals surface area (Å²) in [7, 11) is 0. The minimum Gasteiger partial charge on any atom is -0.457 e. The molecule has 1 aromatic rings. The van der Waals surface area contributed by atoms with E-state index < -0.39 is 0 Å². The fraction of sp³-hybridized carbons (Fsp3) is 0.467. The molecule has 0 N–H and O–H groups in total. The van der Waals surface area contributed by atoms with E-state index in [0.29, 0.717) is 6.42 Å². The van der Waals surface area contributed by atoms with Crippen LogP contribution in [0.2, 0.25) is 0 Å². The molecule has 0 aliphatic carbocycles. The zero-order chi connectivity index (χ0) is 13.5. The molecule has 0 aromatic heterocycles. The predicted molar refractivity (Wildman–Crippen MR) is 70.1 cm³/mol. The Morgan fingerprint density at radius 3 is 2.44 bits per heavy atom. The van der Waals surface area contributed by atoms with Crippen molar-refractivity contribution >= 4 is 12.3 Å². The van der Waals surface area contributed by atoms with E-state index in [1.165, 1.54) is 12.5 Å². The molecule has 3 nitrogen and oxygen atoms in total. The van der Waals surface area contributed by atoms with E-state index in [1.54, 1.807) is 0 Å². The van der Waals surface area contributed by atoms with Crippen LogP contribution in [-0.2, 0) is 14.3 Å². The van der Waals surface area contributed by atoms with Gasteiger partial charge in [0.05, 0.1) is 0 Å². The molecular formula is C15H20O3. The Morgan fingerprint density at radius 1 is 1.33 bits per heavy atom. The minimum atomic E-state index is -0.293. The van der Waals surface area contributed by atoms with Crippen molar-refractivity contribution in [2.24, 2.45) is 5.92 Å². The van der Waals surface area contributed by atoms with E-state index in [2.05, 4.69) is 0 Å². The van der Waals surface area contributed by atoms with Gasteiger partial charge in [-0.05, 0) is 24.8 Å². The fourth-order valence-corrected chi connectivity index (χ4v) is 1.93. The summed E-state index contributed by atoms with van der Waals surface area (Å²) in [6.07, 6.45) is 1.83. The van der Waals surface area contributed by atoms with Gasteiger partial charge in [0.15, 0.2) is 0 Å². The number of rotatable bonds is 6. The largest absolute Gasteiger partial charge is 0.457 e. The number of benzene rings is 1. The van der Waals surface area contributed by atoms with Crippen LogP contribution in [0.3, 0.4) is 0 Å². The number of aryl methyl sites for hydroxylation is 1. The molecule has 0 saturated carbocycles. The van der Waals surface area contributed by atoms with E-state index in [0.717, 1.165) is 18.3 Å². The monoisotopic (exact) mass is 248 g/mol. The number of esters is 1. The van der Waals surface area contributed by atoms with Gasteiger partial charge in [-0.3, -0.25) is 4.79 Å². The van der Waals surface area contributed by atoms with Crippen molar-refractivity contribution in [3.05, 3.63) is 35.4 Å². The summed E-state index contributed by atoms with van der Waals surface area (Å²) in [4.78, 5) is 21.6. The van der Waals surface area contributed by atoms with E-state index in [1.807, 2.05) is 38.1 Å². The number of hydrogen-bond acceptors (Lipinski definition) is 3. The summed E-state index contributed by atoms with van der Waals surface area (Å²) in [5, 5.41) is 0. The van der Waals surface area contributed by atoms with Crippen molar-refractivity contribution in [1.82, 2.24) is 0 Å². The van der Waals surface area contributed by atoms with Crippen molar-refractivity contribution in [1.29, 1.82) is 0 Å². The molecule has 1 rings (SSSR count). The van der Waals surface area contributed by atoms with Crippen LogP contribution >= 0.6 is 0 Å². The zero-order valence-corrected chi connectivity index (χ0v) is 11.2. The van der Waals surface area contributed by atoms with Gasteiger partial charge in [-0.1, -0.05) is 36.8 Å². The Kier molecular flexibility index (Phi) is 5.56. The van der Waals surface area contributed by atoms with Gasteiger partial charge in [0.2, 0.25) is 0 Å². The molecule has 0 bridgehead atoms. The number of hydrogen-bond donors (Lipinski definition) is 0. The molecule has 0 fully saturated rings. The van der Waals surface area contributed by atoms with Gasteiger partial charge in [-0.25, -0.2) is 0 Å². The Hall–Kier alpha value is -1.64.